The van der Waals surface area contributed by atoms with E-state index in [1.165, 1.54) is 122 Å². The van der Waals surface area contributed by atoms with E-state index in [1.54, 1.807) is 0 Å². The van der Waals surface area contributed by atoms with Crippen LogP contribution in [0.25, 0.3) is 32.7 Å². The lowest BCUT2D eigenvalue weighted by Crippen LogP contribution is -2.16. The van der Waals surface area contributed by atoms with Crippen molar-refractivity contribution >= 4 is 55.7 Å². The third kappa shape index (κ3) is 6.91. The van der Waals surface area contributed by atoms with Crippen LogP contribution in [-0.2, 0) is 31.1 Å². The summed E-state index contributed by atoms with van der Waals surface area (Å²) in [5, 5.41) is 5.12. The van der Waals surface area contributed by atoms with E-state index in [-0.39, 0.29) is 5.41 Å². The van der Waals surface area contributed by atoms with E-state index in [4.69, 9.17) is 0 Å². The van der Waals surface area contributed by atoms with E-state index < -0.39 is 0 Å². The van der Waals surface area contributed by atoms with Gasteiger partial charge in [-0.2, -0.15) is 0 Å². The Kier molecular flexibility index (Phi) is 10.4. The van der Waals surface area contributed by atoms with E-state index in [1.807, 2.05) is 0 Å². The topological polar surface area (TPSA) is 6.48 Å². The molecule has 306 valence electrons. The average Bonchev–Trinajstić information content (AvgIpc) is 3.50. The van der Waals surface area contributed by atoms with Crippen molar-refractivity contribution in [2.24, 2.45) is 0 Å². The second-order valence-corrected chi connectivity index (χ2v) is 18.0. The highest BCUT2D eigenvalue weighted by Crippen LogP contribution is 2.53. The largest absolute Gasteiger partial charge is 0.310 e. The van der Waals surface area contributed by atoms with Gasteiger partial charge in [0.25, 0.3) is 0 Å². The van der Waals surface area contributed by atoms with E-state index in [2.05, 4.69) is 212 Å². The lowest BCUT2D eigenvalue weighted by Gasteiger charge is -2.28. The zero-order chi connectivity index (χ0) is 42.7. The molecule has 0 saturated carbocycles. The Hall–Kier alpha value is -6.12. The molecule has 0 unspecified atom stereocenters. The summed E-state index contributed by atoms with van der Waals surface area (Å²) in [6.07, 6.45) is 4.12. The van der Waals surface area contributed by atoms with Crippen molar-refractivity contribution in [3.63, 3.8) is 0 Å². The summed E-state index contributed by atoms with van der Waals surface area (Å²) >= 11 is 0. The van der Waals surface area contributed by atoms with Gasteiger partial charge in [-0.3, -0.25) is 0 Å². The summed E-state index contributed by atoms with van der Waals surface area (Å²) in [4.78, 5) is 4.90. The first kappa shape index (κ1) is 40.3. The molecule has 0 fully saturated rings. The number of anilines is 6. The fraction of sp³-hybridized carbons (Fsp3) is 0.254. The van der Waals surface area contributed by atoms with Crippen molar-refractivity contribution in [1.82, 2.24) is 0 Å². The van der Waals surface area contributed by atoms with Gasteiger partial charge in [0, 0.05) is 39.5 Å². The second kappa shape index (κ2) is 15.7. The summed E-state index contributed by atoms with van der Waals surface area (Å²) in [5.74, 6) is 0. The summed E-state index contributed by atoms with van der Waals surface area (Å²) in [7, 11) is 0. The van der Waals surface area contributed by atoms with E-state index in [0.29, 0.717) is 0 Å². The zero-order valence-corrected chi connectivity index (χ0v) is 37.9. The quantitative estimate of drug-likeness (QED) is 0.136. The number of nitrogens with zero attached hydrogens (tertiary/aromatic N) is 2. The molecule has 0 N–H and O–H groups in total. The Morgan fingerprint density at radius 2 is 0.803 bits per heavy atom. The van der Waals surface area contributed by atoms with E-state index in [9.17, 15) is 0 Å². The summed E-state index contributed by atoms with van der Waals surface area (Å²) in [5.41, 5.74) is 23.4. The van der Waals surface area contributed by atoms with Gasteiger partial charge in [0.05, 0.1) is 0 Å². The number of aryl methyl sites for hydroxylation is 8. The summed E-state index contributed by atoms with van der Waals surface area (Å²) in [6, 6.07) is 51.7. The predicted octanol–water partition coefficient (Wildman–Crippen LogP) is 16.7. The molecule has 8 aromatic rings. The van der Waals surface area contributed by atoms with Crippen LogP contribution in [0, 0.1) is 27.7 Å². The van der Waals surface area contributed by atoms with Crippen LogP contribution in [0.15, 0.2) is 133 Å². The maximum absolute atomic E-state index is 2.48. The van der Waals surface area contributed by atoms with Crippen LogP contribution in [0.2, 0.25) is 0 Å². The van der Waals surface area contributed by atoms with Crippen LogP contribution in [0.5, 0.6) is 0 Å². The molecule has 1 aliphatic carbocycles. The number of hydrogen-bond acceptors (Lipinski definition) is 2. The first-order valence-corrected chi connectivity index (χ1v) is 22.6. The molecule has 0 atom stereocenters. The van der Waals surface area contributed by atoms with Crippen molar-refractivity contribution in [2.75, 3.05) is 9.80 Å². The number of hydrogen-bond donors (Lipinski definition) is 0. The van der Waals surface area contributed by atoms with Crippen LogP contribution < -0.4 is 9.80 Å². The molecule has 61 heavy (non-hydrogen) atoms. The van der Waals surface area contributed by atoms with Crippen LogP contribution in [-0.4, -0.2) is 0 Å². The molecular weight excluding hydrogens is 737 g/mol. The van der Waals surface area contributed by atoms with Crippen molar-refractivity contribution in [2.45, 2.75) is 100 Å². The predicted molar refractivity (Wildman–Crippen MR) is 265 cm³/mol. The lowest BCUT2D eigenvalue weighted by atomic mass is 9.79. The molecule has 9 rings (SSSR count). The third-order valence-corrected chi connectivity index (χ3v) is 14.0. The van der Waals surface area contributed by atoms with Crippen LogP contribution in [0.1, 0.15) is 97.2 Å². The fourth-order valence-corrected chi connectivity index (χ4v) is 10.1. The van der Waals surface area contributed by atoms with E-state index in [0.717, 1.165) is 25.7 Å². The molecule has 0 amide bonds. The highest BCUT2D eigenvalue weighted by atomic mass is 15.1. The van der Waals surface area contributed by atoms with Crippen molar-refractivity contribution in [3.05, 3.63) is 189 Å². The van der Waals surface area contributed by atoms with Gasteiger partial charge in [0.1, 0.15) is 0 Å². The molecule has 2 heteroatoms. The first-order valence-electron chi connectivity index (χ1n) is 22.6. The van der Waals surface area contributed by atoms with Gasteiger partial charge in [0.2, 0.25) is 0 Å². The molecule has 8 aromatic carbocycles. The Morgan fingerprint density at radius 3 is 1.33 bits per heavy atom. The van der Waals surface area contributed by atoms with Crippen LogP contribution in [0.3, 0.4) is 0 Å². The summed E-state index contributed by atoms with van der Waals surface area (Å²) in [6.45, 7) is 22.7. The number of rotatable bonds is 10. The maximum Gasteiger partial charge on any atom is 0.0468 e. The van der Waals surface area contributed by atoms with Crippen molar-refractivity contribution in [3.8, 4) is 11.1 Å². The van der Waals surface area contributed by atoms with Gasteiger partial charge in [-0.25, -0.2) is 0 Å². The number of benzene rings is 8. The van der Waals surface area contributed by atoms with Gasteiger partial charge in [-0.1, -0.05) is 90.1 Å². The van der Waals surface area contributed by atoms with Crippen LogP contribution >= 0.6 is 0 Å². The second-order valence-electron chi connectivity index (χ2n) is 18.0. The molecular formula is C59H60N2. The van der Waals surface area contributed by atoms with Crippen molar-refractivity contribution < 1.29 is 0 Å². The minimum atomic E-state index is -0.185. The minimum Gasteiger partial charge on any atom is -0.310 e. The van der Waals surface area contributed by atoms with E-state index >= 15 is 0 Å². The van der Waals surface area contributed by atoms with Crippen LogP contribution in [0.4, 0.5) is 34.1 Å². The highest BCUT2D eigenvalue weighted by molar-refractivity contribution is 6.03. The first-order chi connectivity index (χ1) is 29.4. The Morgan fingerprint density at radius 1 is 0.361 bits per heavy atom. The molecule has 0 radical (unpaired) electrons. The molecule has 0 saturated heterocycles. The SMILES string of the molecule is CCc1ccc(N(c2ccc(C)c(C)c2)c2ccc3cc4c(cc3c2)C(C)(C)c2c-4ccc3cc(N(c4ccc(C)c(C)c4)c4ccc(CC)c(CC)c4)ccc23)cc1CC. The fourth-order valence-electron chi connectivity index (χ4n) is 10.1. The van der Waals surface area contributed by atoms with Gasteiger partial charge >= 0.3 is 0 Å². The van der Waals surface area contributed by atoms with Crippen molar-refractivity contribution in [1.29, 1.82) is 0 Å². The molecule has 0 aromatic heterocycles. The molecule has 0 aliphatic heterocycles. The highest BCUT2D eigenvalue weighted by Gasteiger charge is 2.37. The Balaban J connectivity index is 1.15. The minimum absolute atomic E-state index is 0.185. The molecule has 1 aliphatic rings. The average molecular weight is 797 g/mol. The Bertz CT molecular complexity index is 3000. The molecule has 0 heterocycles. The monoisotopic (exact) mass is 796 g/mol. The Labute approximate surface area is 364 Å². The third-order valence-electron chi connectivity index (χ3n) is 14.0. The van der Waals surface area contributed by atoms with Gasteiger partial charge in [-0.15, -0.1) is 0 Å². The smallest absolute Gasteiger partial charge is 0.0468 e. The normalized spacial score (nSPS) is 12.8. The van der Waals surface area contributed by atoms with Gasteiger partial charge in [0.15, 0.2) is 0 Å². The maximum atomic E-state index is 2.48. The van der Waals surface area contributed by atoms with Gasteiger partial charge < -0.3 is 9.80 Å². The molecule has 0 bridgehead atoms. The summed E-state index contributed by atoms with van der Waals surface area (Å²) < 4.78 is 0. The molecule has 2 nitrogen and oxygen atoms in total. The van der Waals surface area contributed by atoms with Gasteiger partial charge in [-0.05, 0) is 227 Å². The zero-order valence-electron chi connectivity index (χ0n) is 37.9. The standard InChI is InChI=1S/C59H60N2/c1-11-41-17-23-50(31-43(41)13-3)60(48-21-15-37(5)39(7)29-48)52-25-19-45-35-56-55-27-20-46-33-53(26-28-54(46)58(55)59(9,10)57(56)36-47(45)34-52)61(49-22-16-38(6)40(8)30-49)51-24-18-42(12-2)44(14-4)32-51/h15-36H,11-14H2,1-10H3. The lowest BCUT2D eigenvalue weighted by molar-refractivity contribution is 0.667. The molecule has 0 spiro atoms. The number of fused-ring (bicyclic) bond motifs is 6.